The molecule has 6 unspecified atom stereocenters. The second kappa shape index (κ2) is 10.1. The summed E-state index contributed by atoms with van der Waals surface area (Å²) in [7, 11) is 0. The summed E-state index contributed by atoms with van der Waals surface area (Å²) < 4.78 is 0. The molecule has 0 radical (unpaired) electrons. The highest BCUT2D eigenvalue weighted by Crippen LogP contribution is 2.69. The number of carboxylic acid groups (broad SMARTS) is 1. The van der Waals surface area contributed by atoms with Gasteiger partial charge in [-0.15, -0.1) is 0 Å². The third-order valence-corrected chi connectivity index (χ3v) is 12.0. The predicted octanol–water partition coefficient (Wildman–Crippen LogP) is 5.16. The van der Waals surface area contributed by atoms with Crippen molar-refractivity contribution in [3.8, 4) is 0 Å². The zero-order chi connectivity index (χ0) is 26.5. The lowest BCUT2D eigenvalue weighted by Gasteiger charge is -2.64. The van der Waals surface area contributed by atoms with Gasteiger partial charge in [-0.3, -0.25) is 5.43 Å². The van der Waals surface area contributed by atoms with E-state index in [1.54, 1.807) is 12.3 Å². The molecular formula is C31H48N2O4. The van der Waals surface area contributed by atoms with Crippen LogP contribution in [0.5, 0.6) is 0 Å². The van der Waals surface area contributed by atoms with Crippen molar-refractivity contribution < 1.29 is 20.1 Å². The first-order valence-electron chi connectivity index (χ1n) is 14.8. The summed E-state index contributed by atoms with van der Waals surface area (Å²) in [4.78, 5) is 11.2. The van der Waals surface area contributed by atoms with Crippen molar-refractivity contribution in [1.82, 2.24) is 10.9 Å². The van der Waals surface area contributed by atoms with E-state index in [1.165, 1.54) is 25.7 Å². The van der Waals surface area contributed by atoms with Crippen molar-refractivity contribution in [3.05, 3.63) is 35.7 Å². The molecule has 0 bridgehead atoms. The number of hydrazine groups is 1. The molecule has 5 aliphatic rings. The topological polar surface area (TPSA) is 102 Å². The van der Waals surface area contributed by atoms with Crippen molar-refractivity contribution in [2.45, 2.75) is 97.7 Å². The third-order valence-electron chi connectivity index (χ3n) is 12.0. The molecular weight excluding hydrogens is 464 g/mol. The van der Waals surface area contributed by atoms with Crippen LogP contribution in [0, 0.1) is 52.3 Å². The van der Waals surface area contributed by atoms with Gasteiger partial charge in [0.1, 0.15) is 5.70 Å². The van der Waals surface area contributed by atoms with Crippen LogP contribution in [-0.4, -0.2) is 33.5 Å². The molecule has 6 heteroatoms. The quantitative estimate of drug-likeness (QED) is 0.337. The number of allylic oxidation sites excluding steroid dienone is 4. The summed E-state index contributed by atoms with van der Waals surface area (Å²) in [5.74, 6) is 2.49. The van der Waals surface area contributed by atoms with Crippen LogP contribution in [0.3, 0.4) is 0 Å². The zero-order valence-electron chi connectivity index (χ0n) is 23.1. The van der Waals surface area contributed by atoms with Crippen molar-refractivity contribution in [2.75, 3.05) is 0 Å². The summed E-state index contributed by atoms with van der Waals surface area (Å²) in [6.45, 7) is 9.66. The van der Waals surface area contributed by atoms with Gasteiger partial charge in [0.25, 0.3) is 0 Å². The molecule has 37 heavy (non-hydrogen) atoms. The maximum absolute atomic E-state index is 11.9. The lowest BCUT2D eigenvalue weighted by molar-refractivity contribution is -0.203. The summed E-state index contributed by atoms with van der Waals surface area (Å²) in [5.41, 5.74) is 6.98. The Morgan fingerprint density at radius 2 is 1.84 bits per heavy atom. The molecule has 5 N–H and O–H groups in total. The van der Waals surface area contributed by atoms with Gasteiger partial charge in [-0.25, -0.2) is 4.79 Å². The number of aliphatic carboxylic acids is 1. The van der Waals surface area contributed by atoms with Gasteiger partial charge in [0.05, 0.1) is 12.2 Å². The van der Waals surface area contributed by atoms with Gasteiger partial charge in [0.15, 0.2) is 0 Å². The van der Waals surface area contributed by atoms with E-state index in [0.717, 1.165) is 37.7 Å². The summed E-state index contributed by atoms with van der Waals surface area (Å²) in [6, 6.07) is 0. The number of aliphatic hydroxyl groups excluding tert-OH is 2. The third kappa shape index (κ3) is 4.46. The van der Waals surface area contributed by atoms with Crippen LogP contribution in [0.2, 0.25) is 0 Å². The molecule has 5 rings (SSSR count). The molecule has 4 aliphatic carbocycles. The van der Waals surface area contributed by atoms with Gasteiger partial charge < -0.3 is 20.7 Å². The summed E-state index contributed by atoms with van der Waals surface area (Å²) in [6.07, 6.45) is 17.0. The fraction of sp³-hybridized carbons (Fsp3) is 0.774. The molecule has 6 nitrogen and oxygen atoms in total. The van der Waals surface area contributed by atoms with Crippen LogP contribution in [0.25, 0.3) is 0 Å². The van der Waals surface area contributed by atoms with Gasteiger partial charge in [-0.05, 0) is 115 Å². The minimum absolute atomic E-state index is 0.151. The lowest BCUT2D eigenvalue weighted by atomic mass is 9.41. The van der Waals surface area contributed by atoms with Crippen molar-refractivity contribution in [2.24, 2.45) is 52.3 Å². The first kappa shape index (κ1) is 26.8. The molecule has 1 heterocycles. The number of fused-ring (bicyclic) bond motifs is 5. The highest BCUT2D eigenvalue weighted by Gasteiger charge is 2.64. The van der Waals surface area contributed by atoms with Crippen molar-refractivity contribution >= 4 is 5.97 Å². The minimum atomic E-state index is -0.972. The average molecular weight is 513 g/mol. The highest BCUT2D eigenvalue weighted by atomic mass is 16.4. The van der Waals surface area contributed by atoms with Gasteiger partial charge in [-0.1, -0.05) is 46.3 Å². The molecule has 0 saturated heterocycles. The zero-order valence-corrected chi connectivity index (χ0v) is 23.1. The van der Waals surface area contributed by atoms with E-state index >= 15 is 0 Å². The highest BCUT2D eigenvalue weighted by molar-refractivity contribution is 5.86. The fourth-order valence-corrected chi connectivity index (χ4v) is 10.2. The van der Waals surface area contributed by atoms with Gasteiger partial charge in [-0.2, -0.15) is 0 Å². The molecule has 0 amide bonds. The van der Waals surface area contributed by atoms with Crippen molar-refractivity contribution in [3.63, 3.8) is 0 Å². The second-order valence-corrected chi connectivity index (χ2v) is 13.5. The number of hydrogen-bond donors (Lipinski definition) is 5. The molecule has 0 aromatic carbocycles. The second-order valence-electron chi connectivity index (χ2n) is 13.5. The first-order chi connectivity index (χ1) is 17.6. The van der Waals surface area contributed by atoms with E-state index in [2.05, 4.69) is 44.6 Å². The lowest BCUT2D eigenvalue weighted by Crippen LogP contribution is -2.62. The Hall–Kier alpha value is -1.79. The number of carboxylic acids is 1. The SMILES string of the molecule is CC[C@@H]1C2C[C@H](O)CCC2(C)C2CCC3(C)C(CC[C@@H]3[C@H](C)C/C=C/C3=CNNC(C(=O)O)=C3)C2[C@@H]1O. The molecule has 206 valence electrons. The van der Waals surface area contributed by atoms with E-state index in [0.29, 0.717) is 41.4 Å². The Morgan fingerprint density at radius 1 is 1.11 bits per heavy atom. The van der Waals surface area contributed by atoms with Gasteiger partial charge >= 0.3 is 5.97 Å². The van der Waals surface area contributed by atoms with E-state index in [1.807, 2.05) is 6.08 Å². The van der Waals surface area contributed by atoms with E-state index in [-0.39, 0.29) is 28.7 Å². The maximum atomic E-state index is 11.9. The maximum Gasteiger partial charge on any atom is 0.353 e. The monoisotopic (exact) mass is 512 g/mol. The first-order valence-corrected chi connectivity index (χ1v) is 14.8. The van der Waals surface area contributed by atoms with Crippen LogP contribution in [0.4, 0.5) is 0 Å². The molecule has 1 aliphatic heterocycles. The fourth-order valence-electron chi connectivity index (χ4n) is 10.2. The minimum Gasteiger partial charge on any atom is -0.477 e. The number of nitrogens with one attached hydrogen (secondary N) is 2. The van der Waals surface area contributed by atoms with Crippen LogP contribution in [0.15, 0.2) is 35.7 Å². The Kier molecular flexibility index (Phi) is 7.29. The normalized spacial score (nSPS) is 46.0. The van der Waals surface area contributed by atoms with E-state index in [9.17, 15) is 20.1 Å². The van der Waals surface area contributed by atoms with Crippen LogP contribution < -0.4 is 10.9 Å². The molecule has 0 spiro atoms. The number of rotatable bonds is 6. The Bertz CT molecular complexity index is 974. The Labute approximate surface area is 222 Å². The van der Waals surface area contributed by atoms with Crippen molar-refractivity contribution in [1.29, 1.82) is 0 Å². The molecule has 4 fully saturated rings. The standard InChI is InChI=1S/C31H48N2O4/c1-5-21-25-16-20(34)11-13-31(25,4)24-12-14-30(3)22(9-10-23(30)27(24)28(21)35)18(2)7-6-8-19-15-26(29(36)37)33-32-17-19/h6,8,15,17-18,20-25,27-28,32-35H,5,7,9-14,16H2,1-4H3,(H,36,37)/b8-6+/t18-,20-,21-,22-,23?,24?,25?,27?,28-,30?,31?/m1/s1. The smallest absolute Gasteiger partial charge is 0.353 e. The van der Waals surface area contributed by atoms with Gasteiger partial charge in [0.2, 0.25) is 0 Å². The predicted molar refractivity (Wildman–Crippen MR) is 145 cm³/mol. The molecule has 4 saturated carbocycles. The van der Waals surface area contributed by atoms with Crippen LogP contribution in [-0.2, 0) is 4.79 Å². The van der Waals surface area contributed by atoms with Crippen LogP contribution >= 0.6 is 0 Å². The number of aliphatic hydroxyl groups is 2. The largest absolute Gasteiger partial charge is 0.477 e. The van der Waals surface area contributed by atoms with Gasteiger partial charge in [0, 0.05) is 6.20 Å². The number of carbonyl (C=O) groups is 1. The average Bonchev–Trinajstić information content (AvgIpc) is 3.22. The van der Waals surface area contributed by atoms with E-state index in [4.69, 9.17) is 0 Å². The van der Waals surface area contributed by atoms with Crippen LogP contribution in [0.1, 0.15) is 85.5 Å². The Morgan fingerprint density at radius 3 is 2.57 bits per heavy atom. The van der Waals surface area contributed by atoms with E-state index < -0.39 is 5.97 Å². The number of hydrogen-bond acceptors (Lipinski definition) is 5. The summed E-state index contributed by atoms with van der Waals surface area (Å²) in [5, 5.41) is 31.6. The Balaban J connectivity index is 1.31. The molecule has 0 aromatic heterocycles. The molecule has 0 aromatic rings. The summed E-state index contributed by atoms with van der Waals surface area (Å²) >= 11 is 0. The molecule has 11 atom stereocenters.